The summed E-state index contributed by atoms with van der Waals surface area (Å²) in [7, 11) is 0. The van der Waals surface area contributed by atoms with E-state index < -0.39 is 28.9 Å². The van der Waals surface area contributed by atoms with Crippen molar-refractivity contribution in [3.8, 4) is 5.75 Å². The maximum Gasteiger partial charge on any atom is 0.417 e. The number of benzene rings is 2. The molecular formula is C37H49F6N3O2. The van der Waals surface area contributed by atoms with E-state index in [1.54, 1.807) is 4.90 Å². The number of ether oxygens (including phenoxy) is 1. The zero-order chi connectivity index (χ0) is 34.5. The van der Waals surface area contributed by atoms with Crippen LogP contribution in [0.2, 0.25) is 0 Å². The van der Waals surface area contributed by atoms with Gasteiger partial charge in [0.2, 0.25) is 5.91 Å². The van der Waals surface area contributed by atoms with Crippen LogP contribution >= 0.6 is 0 Å². The molecule has 0 unspecified atom stereocenters. The van der Waals surface area contributed by atoms with Gasteiger partial charge in [0.1, 0.15) is 5.75 Å². The van der Waals surface area contributed by atoms with Crippen LogP contribution in [0.1, 0.15) is 93.9 Å². The fourth-order valence-corrected chi connectivity index (χ4v) is 7.90. The third kappa shape index (κ3) is 9.25. The van der Waals surface area contributed by atoms with Crippen LogP contribution in [0.25, 0.3) is 0 Å². The zero-order valence-corrected chi connectivity index (χ0v) is 28.1. The first kappa shape index (κ1) is 36.5. The molecule has 1 aliphatic carbocycles. The molecule has 2 heterocycles. The molecule has 3 aliphatic rings. The maximum absolute atomic E-state index is 14.2. The molecule has 2 aliphatic heterocycles. The van der Waals surface area contributed by atoms with Crippen LogP contribution in [-0.4, -0.2) is 78.6 Å². The standard InChI is InChI=1S/C37H49F6N3O2/c1-27(2)48-31-12-8-9-28(23-31)24-34(47)46-17-7-6-15-35(26-46,29-13-14-32(36(38,39)40)33(25-29)37(41,42)43)16-18-44-19-21-45(22-20-44)30-10-4-3-5-11-30/h8-9,12-14,23,25,27,30H,3-7,10-11,15-22,24,26H2,1-2H3/t35-/m0/s1. The number of piperazine rings is 1. The minimum absolute atomic E-state index is 0.0391. The molecule has 0 bridgehead atoms. The molecule has 5 nitrogen and oxygen atoms in total. The summed E-state index contributed by atoms with van der Waals surface area (Å²) >= 11 is 0. The average molecular weight is 682 g/mol. The van der Waals surface area contributed by atoms with E-state index in [2.05, 4.69) is 9.80 Å². The van der Waals surface area contributed by atoms with Crippen molar-refractivity contribution in [1.82, 2.24) is 14.7 Å². The number of rotatable bonds is 9. The lowest BCUT2D eigenvalue weighted by Crippen LogP contribution is -2.52. The van der Waals surface area contributed by atoms with Gasteiger partial charge in [0.25, 0.3) is 0 Å². The molecule has 1 amide bonds. The highest BCUT2D eigenvalue weighted by Gasteiger charge is 2.45. The normalized spacial score (nSPS) is 22.6. The molecule has 11 heteroatoms. The molecule has 0 N–H and O–H groups in total. The van der Waals surface area contributed by atoms with Gasteiger partial charge < -0.3 is 14.5 Å². The molecule has 266 valence electrons. The van der Waals surface area contributed by atoms with Gasteiger partial charge >= 0.3 is 12.4 Å². The van der Waals surface area contributed by atoms with Crippen LogP contribution in [0, 0.1) is 0 Å². The summed E-state index contributed by atoms with van der Waals surface area (Å²) in [6, 6.07) is 10.4. The predicted molar refractivity (Wildman–Crippen MR) is 174 cm³/mol. The van der Waals surface area contributed by atoms with Gasteiger partial charge in [-0.2, -0.15) is 26.3 Å². The molecule has 0 radical (unpaired) electrons. The molecule has 2 saturated heterocycles. The van der Waals surface area contributed by atoms with Crippen LogP contribution in [-0.2, 0) is 29.0 Å². The minimum Gasteiger partial charge on any atom is -0.491 e. The summed E-state index contributed by atoms with van der Waals surface area (Å²) in [5, 5.41) is 0. The van der Waals surface area contributed by atoms with Crippen molar-refractivity contribution < 1.29 is 35.9 Å². The first-order chi connectivity index (χ1) is 22.7. The van der Waals surface area contributed by atoms with Gasteiger partial charge in [-0.1, -0.05) is 43.9 Å². The number of amides is 1. The summed E-state index contributed by atoms with van der Waals surface area (Å²) < 4.78 is 89.6. The van der Waals surface area contributed by atoms with Gasteiger partial charge in [0, 0.05) is 50.7 Å². The molecule has 2 aromatic carbocycles. The first-order valence-corrected chi connectivity index (χ1v) is 17.5. The van der Waals surface area contributed by atoms with Gasteiger partial charge in [-0.25, -0.2) is 0 Å². The quantitative estimate of drug-likeness (QED) is 0.250. The molecular weight excluding hydrogens is 632 g/mol. The van der Waals surface area contributed by atoms with E-state index in [4.69, 9.17) is 4.74 Å². The molecule has 3 fully saturated rings. The van der Waals surface area contributed by atoms with Gasteiger partial charge in [-0.15, -0.1) is 0 Å². The molecule has 0 spiro atoms. The summed E-state index contributed by atoms with van der Waals surface area (Å²) in [4.78, 5) is 20.4. The topological polar surface area (TPSA) is 36.0 Å². The second-order valence-electron chi connectivity index (χ2n) is 14.2. The first-order valence-electron chi connectivity index (χ1n) is 17.5. The Morgan fingerprint density at radius 2 is 1.56 bits per heavy atom. The molecule has 1 saturated carbocycles. The van der Waals surface area contributed by atoms with E-state index in [1.807, 2.05) is 38.1 Å². The lowest BCUT2D eigenvalue weighted by Gasteiger charge is -2.43. The number of nitrogens with zero attached hydrogens (tertiary/aromatic N) is 3. The summed E-state index contributed by atoms with van der Waals surface area (Å²) in [5.74, 6) is 0.487. The van der Waals surface area contributed by atoms with Crippen molar-refractivity contribution in [3.05, 3.63) is 64.7 Å². The van der Waals surface area contributed by atoms with E-state index in [0.717, 1.165) is 31.7 Å². The number of hydrogen-bond acceptors (Lipinski definition) is 4. The highest BCUT2D eigenvalue weighted by molar-refractivity contribution is 5.79. The average Bonchev–Trinajstić information content (AvgIpc) is 3.27. The lowest BCUT2D eigenvalue weighted by atomic mass is 9.73. The Morgan fingerprint density at radius 3 is 2.23 bits per heavy atom. The van der Waals surface area contributed by atoms with Crippen molar-refractivity contribution in [1.29, 1.82) is 0 Å². The van der Waals surface area contributed by atoms with Crippen LogP contribution < -0.4 is 4.74 Å². The Morgan fingerprint density at radius 1 is 0.854 bits per heavy atom. The third-order valence-electron chi connectivity index (χ3n) is 10.5. The maximum atomic E-state index is 14.2. The fraction of sp³-hybridized carbons (Fsp3) is 0.649. The molecule has 0 aromatic heterocycles. The molecule has 48 heavy (non-hydrogen) atoms. The number of alkyl halides is 6. The van der Waals surface area contributed by atoms with E-state index >= 15 is 0 Å². The van der Waals surface area contributed by atoms with E-state index in [0.29, 0.717) is 62.7 Å². The van der Waals surface area contributed by atoms with E-state index in [-0.39, 0.29) is 30.5 Å². The summed E-state index contributed by atoms with van der Waals surface area (Å²) in [6.45, 7) is 8.55. The van der Waals surface area contributed by atoms with Gasteiger partial charge in [-0.05, 0) is 87.9 Å². The highest BCUT2D eigenvalue weighted by Crippen LogP contribution is 2.45. The van der Waals surface area contributed by atoms with Crippen LogP contribution in [0.5, 0.6) is 5.75 Å². The molecule has 2 aromatic rings. The largest absolute Gasteiger partial charge is 0.491 e. The van der Waals surface area contributed by atoms with Crippen LogP contribution in [0.4, 0.5) is 26.3 Å². The number of carbonyl (C=O) groups excluding carboxylic acids is 1. The number of halogens is 6. The monoisotopic (exact) mass is 681 g/mol. The number of carbonyl (C=O) groups is 1. The van der Waals surface area contributed by atoms with Gasteiger partial charge in [0.05, 0.1) is 23.7 Å². The number of likely N-dealkylation sites (tertiary alicyclic amines) is 1. The van der Waals surface area contributed by atoms with Crippen molar-refractivity contribution >= 4 is 5.91 Å². The summed E-state index contributed by atoms with van der Waals surface area (Å²) in [6.07, 6.45) is -1.78. The second-order valence-corrected chi connectivity index (χ2v) is 14.2. The number of hydrogen-bond donors (Lipinski definition) is 0. The van der Waals surface area contributed by atoms with Crippen LogP contribution in [0.3, 0.4) is 0 Å². The lowest BCUT2D eigenvalue weighted by molar-refractivity contribution is -0.162. The summed E-state index contributed by atoms with van der Waals surface area (Å²) in [5.41, 5.74) is -3.30. The van der Waals surface area contributed by atoms with Crippen molar-refractivity contribution in [2.24, 2.45) is 0 Å². The van der Waals surface area contributed by atoms with Gasteiger partial charge in [-0.3, -0.25) is 9.69 Å². The Kier molecular flexibility index (Phi) is 11.7. The fourth-order valence-electron chi connectivity index (χ4n) is 7.90. The van der Waals surface area contributed by atoms with Crippen molar-refractivity contribution in [3.63, 3.8) is 0 Å². The Bertz CT molecular complexity index is 1370. The minimum atomic E-state index is -5.18. The van der Waals surface area contributed by atoms with E-state index in [9.17, 15) is 31.1 Å². The van der Waals surface area contributed by atoms with E-state index in [1.165, 1.54) is 38.2 Å². The predicted octanol–water partition coefficient (Wildman–Crippen LogP) is 8.34. The third-order valence-corrected chi connectivity index (χ3v) is 10.5. The van der Waals surface area contributed by atoms with Crippen molar-refractivity contribution in [2.75, 3.05) is 45.8 Å². The molecule has 1 atom stereocenters. The van der Waals surface area contributed by atoms with Crippen LogP contribution in [0.15, 0.2) is 42.5 Å². The van der Waals surface area contributed by atoms with Crippen molar-refractivity contribution in [2.45, 2.75) is 108 Å². The van der Waals surface area contributed by atoms with Gasteiger partial charge in [0.15, 0.2) is 0 Å². The Labute approximate surface area is 280 Å². The Balaban J connectivity index is 1.40. The Hall–Kier alpha value is -2.79. The smallest absolute Gasteiger partial charge is 0.417 e. The zero-order valence-electron chi connectivity index (χ0n) is 28.1. The second kappa shape index (κ2) is 15.4. The SMILES string of the molecule is CC(C)Oc1cccc(CC(=O)N2CCCC[C@@](CCN3CCN(C4CCCCC4)CC3)(c3ccc(C(F)(F)F)c(C(F)(F)F)c3)C2)c1. The highest BCUT2D eigenvalue weighted by atomic mass is 19.4. The molecule has 5 rings (SSSR count).